The van der Waals surface area contributed by atoms with Gasteiger partial charge >= 0.3 is 12.1 Å². The molecular formula is C38H43N7O13S. The van der Waals surface area contributed by atoms with Crippen molar-refractivity contribution in [2.75, 3.05) is 37.9 Å². The van der Waals surface area contributed by atoms with Gasteiger partial charge in [-0.05, 0) is 49.7 Å². The minimum absolute atomic E-state index is 0.0217. The average molecular weight is 838 g/mol. The molecule has 0 aliphatic carbocycles. The van der Waals surface area contributed by atoms with Crippen LogP contribution < -0.4 is 20.9 Å². The lowest BCUT2D eigenvalue weighted by Gasteiger charge is -2.22. The van der Waals surface area contributed by atoms with Crippen LogP contribution in [0.1, 0.15) is 38.7 Å². The molecule has 20 nitrogen and oxygen atoms in total. The van der Waals surface area contributed by atoms with E-state index in [2.05, 4.69) is 25.6 Å². The van der Waals surface area contributed by atoms with Crippen molar-refractivity contribution >= 4 is 67.5 Å². The highest BCUT2D eigenvalue weighted by atomic mass is 32.2. The molecule has 2 amide bonds. The summed E-state index contributed by atoms with van der Waals surface area (Å²) < 4.78 is 49.3. The number of para-hydroxylation sites is 1. The molecule has 2 aromatic carbocycles. The van der Waals surface area contributed by atoms with Gasteiger partial charge in [0.25, 0.3) is 5.56 Å². The lowest BCUT2D eigenvalue weighted by atomic mass is 10.1. The number of amides is 2. The third kappa shape index (κ3) is 11.6. The zero-order valence-electron chi connectivity index (χ0n) is 32.3. The largest absolute Gasteiger partial charge is 0.497 e. The number of aliphatic hydroxyl groups excluding tert-OH is 1. The van der Waals surface area contributed by atoms with Crippen LogP contribution in [0.5, 0.6) is 5.75 Å². The molecule has 0 spiro atoms. The van der Waals surface area contributed by atoms with E-state index in [0.29, 0.717) is 22.2 Å². The van der Waals surface area contributed by atoms with E-state index in [1.165, 1.54) is 66.9 Å². The Kier molecular flexibility index (Phi) is 14.7. The van der Waals surface area contributed by atoms with Crippen LogP contribution in [0, 0.1) is 0 Å². The number of carbonyl (C=O) groups is 5. The highest BCUT2D eigenvalue weighted by molar-refractivity contribution is 7.91. The van der Waals surface area contributed by atoms with Gasteiger partial charge in [0.1, 0.15) is 37.1 Å². The van der Waals surface area contributed by atoms with Crippen molar-refractivity contribution in [3.63, 3.8) is 0 Å². The minimum Gasteiger partial charge on any atom is -0.497 e. The molecule has 314 valence electrons. The molecule has 0 fully saturated rings. The van der Waals surface area contributed by atoms with Crippen LogP contribution in [0.3, 0.4) is 0 Å². The number of benzene rings is 2. The number of esters is 1. The molecule has 0 bridgehead atoms. The van der Waals surface area contributed by atoms with E-state index in [4.69, 9.17) is 18.9 Å². The summed E-state index contributed by atoms with van der Waals surface area (Å²) in [4.78, 5) is 85.4. The molecule has 5 aromatic rings. The number of ether oxygens (including phenoxy) is 4. The number of Topliss-reactive ketones (excluding diaryl/α,β-unsaturated/α-hetero) is 1. The van der Waals surface area contributed by atoms with Gasteiger partial charge in [-0.25, -0.2) is 18.2 Å². The molecule has 0 saturated carbocycles. The van der Waals surface area contributed by atoms with Crippen LogP contribution in [0.15, 0.2) is 70.7 Å². The molecule has 59 heavy (non-hydrogen) atoms. The van der Waals surface area contributed by atoms with Crippen molar-refractivity contribution < 1.29 is 56.4 Å². The number of rotatable bonds is 20. The number of anilines is 1. The zero-order valence-corrected chi connectivity index (χ0v) is 33.2. The van der Waals surface area contributed by atoms with Gasteiger partial charge in [-0.1, -0.05) is 18.2 Å². The van der Waals surface area contributed by atoms with Gasteiger partial charge in [0, 0.05) is 31.0 Å². The molecule has 3 heterocycles. The molecule has 0 aliphatic heterocycles. The van der Waals surface area contributed by atoms with Crippen LogP contribution in [0.4, 0.5) is 10.7 Å². The second-order valence-corrected chi connectivity index (χ2v) is 15.3. The molecule has 3 aromatic heterocycles. The number of carbonyl (C=O) groups excluding carboxylic acids is 5. The monoisotopic (exact) mass is 837 g/mol. The number of methoxy groups -OCH3 is 1. The van der Waals surface area contributed by atoms with E-state index in [1.807, 2.05) is 0 Å². The fourth-order valence-electron chi connectivity index (χ4n) is 5.74. The highest BCUT2D eigenvalue weighted by Gasteiger charge is 2.23. The quantitative estimate of drug-likeness (QED) is 0.0815. The number of nitrogens with one attached hydrogen (secondary N) is 3. The maximum atomic E-state index is 13.0. The first-order chi connectivity index (χ1) is 28.2. The summed E-state index contributed by atoms with van der Waals surface area (Å²) in [5.41, 5.74) is 0.240. The highest BCUT2D eigenvalue weighted by Crippen LogP contribution is 2.23. The number of hydrogen-bond acceptors (Lipinski definition) is 15. The number of imidazole rings is 1. The molecule has 2 unspecified atom stereocenters. The maximum absolute atomic E-state index is 13.0. The number of H-pyrrole nitrogens is 1. The summed E-state index contributed by atoms with van der Waals surface area (Å²) in [5.74, 6) is -2.01. The Morgan fingerprint density at radius 2 is 1.75 bits per heavy atom. The summed E-state index contributed by atoms with van der Waals surface area (Å²) in [6.45, 7) is 1.59. The molecule has 4 N–H and O–H groups in total. The molecular weight excluding hydrogens is 795 g/mol. The van der Waals surface area contributed by atoms with E-state index in [1.54, 1.807) is 24.3 Å². The Morgan fingerprint density at radius 3 is 2.46 bits per heavy atom. The van der Waals surface area contributed by atoms with Gasteiger partial charge < -0.3 is 34.2 Å². The number of nitrogens with zero attached hydrogens (tertiary/aromatic N) is 4. The Balaban J connectivity index is 1.12. The van der Waals surface area contributed by atoms with Crippen LogP contribution in [-0.2, 0) is 56.4 Å². The Hall–Kier alpha value is -6.45. The molecule has 21 heteroatoms. The Morgan fingerprint density at radius 1 is 1.00 bits per heavy atom. The standard InChI is InChI=1S/C38H43N7O13S/c1-23(47)8-13-33(50)58-24(2)30(20-46)57-22-44-21-40-34-35(44)42-37(43-36(34)51)41-31(48)14-15-39-32(49)18-25-19-45(29-7-5-4-6-28(25)29)38(52)56-16-17-59(53,54)27-11-9-26(55-3)10-12-27/h4-7,9-12,19,21,24,30,46H,8,13-18,20,22H2,1-3H3,(H,39,49)(H2,41,42,43,48,51). The molecule has 0 saturated heterocycles. The summed E-state index contributed by atoms with van der Waals surface area (Å²) in [6, 6.07) is 12.6. The van der Waals surface area contributed by atoms with Crippen LogP contribution in [0.2, 0.25) is 0 Å². The maximum Gasteiger partial charge on any atom is 0.418 e. The first kappa shape index (κ1) is 43.7. The lowest BCUT2D eigenvalue weighted by molar-refractivity contribution is -0.161. The first-order valence-electron chi connectivity index (χ1n) is 18.2. The SMILES string of the molecule is COc1ccc(S(=O)(=O)CCOC(=O)n2cc(CC(=O)NCCC(=O)Nc3nc4c(ncn4COC(CO)C(C)OC(=O)CCC(C)=O)c(=O)[nH]3)c3ccccc32)cc1. The third-order valence-electron chi connectivity index (χ3n) is 8.87. The van der Waals surface area contributed by atoms with Crippen LogP contribution >= 0.6 is 0 Å². The molecule has 2 atom stereocenters. The van der Waals surface area contributed by atoms with Gasteiger partial charge in [0.05, 0.1) is 49.1 Å². The number of ketones is 1. The van der Waals surface area contributed by atoms with Crippen molar-refractivity contribution in [2.24, 2.45) is 0 Å². The average Bonchev–Trinajstić information content (AvgIpc) is 3.78. The van der Waals surface area contributed by atoms with Gasteiger partial charge in [0.15, 0.2) is 21.0 Å². The van der Waals surface area contributed by atoms with Crippen molar-refractivity contribution in [1.29, 1.82) is 0 Å². The summed E-state index contributed by atoms with van der Waals surface area (Å²) in [7, 11) is -2.29. The number of hydrogen-bond donors (Lipinski definition) is 4. The van der Waals surface area contributed by atoms with E-state index in [9.17, 15) is 42.3 Å². The van der Waals surface area contributed by atoms with Crippen molar-refractivity contribution in [3.8, 4) is 5.75 Å². The summed E-state index contributed by atoms with van der Waals surface area (Å²) in [6.07, 6.45) is -0.426. The molecule has 5 rings (SSSR count). The normalized spacial score (nSPS) is 12.5. The Labute approximate surface area is 336 Å². The van der Waals surface area contributed by atoms with E-state index < -0.39 is 70.4 Å². The van der Waals surface area contributed by atoms with Gasteiger partial charge in [-0.15, -0.1) is 0 Å². The molecule has 0 radical (unpaired) electrons. The molecule has 0 aliphatic rings. The van der Waals surface area contributed by atoms with Crippen LogP contribution in [-0.4, -0.2) is 112 Å². The number of fused-ring (bicyclic) bond motifs is 2. The Bertz CT molecular complexity index is 2490. The third-order valence-corrected chi connectivity index (χ3v) is 10.6. The first-order valence-corrected chi connectivity index (χ1v) is 19.9. The number of aliphatic hydroxyl groups is 1. The van der Waals surface area contributed by atoms with E-state index in [0.717, 1.165) is 0 Å². The van der Waals surface area contributed by atoms with Crippen molar-refractivity contribution in [1.82, 2.24) is 29.4 Å². The smallest absolute Gasteiger partial charge is 0.418 e. The summed E-state index contributed by atoms with van der Waals surface area (Å²) >= 11 is 0. The van der Waals surface area contributed by atoms with Gasteiger partial charge in [-0.2, -0.15) is 4.98 Å². The fraction of sp³-hybridized carbons (Fsp3) is 0.368. The zero-order chi connectivity index (χ0) is 42.7. The minimum atomic E-state index is -3.75. The van der Waals surface area contributed by atoms with E-state index >= 15 is 0 Å². The number of aromatic amines is 1. The second-order valence-electron chi connectivity index (χ2n) is 13.2. The lowest BCUT2D eigenvalue weighted by Crippen LogP contribution is -2.34. The van der Waals surface area contributed by atoms with Crippen molar-refractivity contribution in [3.05, 3.63) is 77.0 Å². The topological polar surface area (TPSA) is 269 Å². The number of aromatic nitrogens is 5. The fourth-order valence-corrected chi connectivity index (χ4v) is 6.83. The number of sulfone groups is 1. The van der Waals surface area contributed by atoms with Gasteiger partial charge in [-0.3, -0.25) is 38.6 Å². The van der Waals surface area contributed by atoms with Gasteiger partial charge in [0.2, 0.25) is 17.8 Å². The van der Waals surface area contributed by atoms with Crippen LogP contribution in [0.25, 0.3) is 22.1 Å². The predicted octanol–water partition coefficient (Wildman–Crippen LogP) is 1.86. The second kappa shape index (κ2) is 19.8. The predicted molar refractivity (Wildman–Crippen MR) is 209 cm³/mol. The van der Waals surface area contributed by atoms with Crippen molar-refractivity contribution in [2.45, 2.75) is 63.4 Å². The summed E-state index contributed by atoms with van der Waals surface area (Å²) in [5, 5.41) is 15.5. The van der Waals surface area contributed by atoms with E-state index in [-0.39, 0.29) is 66.7 Å².